The van der Waals surface area contributed by atoms with Crippen LogP contribution in [0.4, 0.5) is 11.6 Å². The van der Waals surface area contributed by atoms with E-state index in [4.69, 9.17) is 23.9 Å². The average Bonchev–Trinajstić information content (AvgIpc) is 3.75. The van der Waals surface area contributed by atoms with Crippen LogP contribution in [0.5, 0.6) is 17.2 Å². The first-order valence-corrected chi connectivity index (χ1v) is 20.3. The number of aliphatic hydroxyl groups excluding tert-OH is 2. The van der Waals surface area contributed by atoms with Gasteiger partial charge in [-0.3, -0.25) is 14.4 Å². The van der Waals surface area contributed by atoms with Crippen LogP contribution in [0.3, 0.4) is 0 Å². The van der Waals surface area contributed by atoms with Crippen molar-refractivity contribution in [2.45, 2.75) is 112 Å². The van der Waals surface area contributed by atoms with Crippen molar-refractivity contribution in [3.05, 3.63) is 47.3 Å². The van der Waals surface area contributed by atoms with Crippen LogP contribution in [0.1, 0.15) is 91.1 Å². The minimum absolute atomic E-state index is 0.0236. The number of benzene rings is 2. The van der Waals surface area contributed by atoms with Crippen molar-refractivity contribution in [3.63, 3.8) is 0 Å². The first kappa shape index (κ1) is 45.0. The first-order chi connectivity index (χ1) is 27.8. The fourth-order valence-corrected chi connectivity index (χ4v) is 8.22. The average molecular weight is 821 g/mol. The van der Waals surface area contributed by atoms with E-state index in [1.807, 2.05) is 18.7 Å². The largest absolute Gasteiger partial charge is 0.507 e. The molecule has 322 valence electrons. The monoisotopic (exact) mass is 820 g/mol. The fourth-order valence-electron chi connectivity index (χ4n) is 8.22. The lowest BCUT2D eigenvalue weighted by Gasteiger charge is -2.38. The number of aromatic nitrogens is 2. The number of aromatic amines is 1. The molecule has 9 atom stereocenters. The summed E-state index contributed by atoms with van der Waals surface area (Å²) in [5, 5.41) is 49.5. The van der Waals surface area contributed by atoms with Gasteiger partial charge in [0, 0.05) is 74.2 Å². The number of ether oxygens (including phenoxy) is 4. The third-order valence-electron chi connectivity index (χ3n) is 11.7. The number of carbonyl (C=O) groups excluding carboxylic acids is 3. The number of esters is 1. The predicted octanol–water partition coefficient (Wildman–Crippen LogP) is 6.55. The lowest BCUT2D eigenvalue weighted by molar-refractivity contribution is -0.160. The summed E-state index contributed by atoms with van der Waals surface area (Å²) in [4.78, 5) is 51.1. The minimum atomic E-state index is -1.96. The number of nitrogens with zero attached hydrogens (tertiary/aromatic N) is 2. The number of ketones is 1. The van der Waals surface area contributed by atoms with E-state index < -0.39 is 77.3 Å². The quantitative estimate of drug-likeness (QED) is 0.110. The van der Waals surface area contributed by atoms with Crippen molar-refractivity contribution in [1.29, 1.82) is 0 Å². The molecule has 2 aliphatic rings. The minimum Gasteiger partial charge on any atom is -0.507 e. The third-order valence-corrected chi connectivity index (χ3v) is 11.7. The predicted molar refractivity (Wildman–Crippen MR) is 225 cm³/mol. The normalized spacial score (nSPS) is 30.1. The standard InChI is InChI=1S/C44H60N4O11/c1-12-18-48(19-13-2)43-46-32-29-30-37(52)26(8)40-31(29)41(54)44(10,59-40)57-20-17-28(56-11)23(5)39(58-27(9)49)25(7)36(51)24(6)35(50)21(3)15-14-16-22(4)42(55)45-34(38(30)53)33(32)47-43/h14-17,20-21,23-25,28,35-36,39,50-53H,12-13,18-19H2,1-11H3,(H,45,55)(H,46,47)/b15-14+,20-17+,22-16-/t21-,23+,24+,25+,28-,35-,36+,39+,44-/m0/s1. The summed E-state index contributed by atoms with van der Waals surface area (Å²) in [6, 6.07) is 0. The van der Waals surface area contributed by atoms with Crippen molar-refractivity contribution >= 4 is 51.1 Å². The van der Waals surface area contributed by atoms with Gasteiger partial charge in [-0.15, -0.1) is 0 Å². The number of carbonyl (C=O) groups is 3. The highest BCUT2D eigenvalue weighted by atomic mass is 16.7. The van der Waals surface area contributed by atoms with Gasteiger partial charge in [0.25, 0.3) is 11.7 Å². The Morgan fingerprint density at radius 2 is 1.63 bits per heavy atom. The van der Waals surface area contributed by atoms with E-state index in [-0.39, 0.29) is 55.7 Å². The van der Waals surface area contributed by atoms with Crippen LogP contribution in [-0.2, 0) is 23.8 Å². The molecule has 4 bridgehead atoms. The number of aliphatic hydroxyl groups is 2. The van der Waals surface area contributed by atoms with E-state index in [0.29, 0.717) is 19.0 Å². The summed E-state index contributed by atoms with van der Waals surface area (Å²) >= 11 is 0. The second-order valence-corrected chi connectivity index (χ2v) is 16.1. The highest BCUT2D eigenvalue weighted by molar-refractivity contribution is 6.28. The number of phenolic OH excluding ortho intramolecular Hbond substituents is 2. The number of allylic oxidation sites excluding steroid dienone is 2. The van der Waals surface area contributed by atoms with Crippen LogP contribution in [0.25, 0.3) is 21.8 Å². The van der Waals surface area contributed by atoms with Crippen LogP contribution in [-0.4, -0.2) is 98.5 Å². The van der Waals surface area contributed by atoms with Gasteiger partial charge < -0.3 is 54.6 Å². The van der Waals surface area contributed by atoms with Gasteiger partial charge in [-0.2, -0.15) is 0 Å². The molecule has 1 aromatic heterocycles. The number of amides is 1. The zero-order valence-corrected chi connectivity index (χ0v) is 35.9. The Hall–Kier alpha value is -5.12. The van der Waals surface area contributed by atoms with E-state index in [2.05, 4.69) is 10.3 Å². The summed E-state index contributed by atoms with van der Waals surface area (Å²) in [6.07, 6.45) is 5.52. The van der Waals surface area contributed by atoms with Gasteiger partial charge >= 0.3 is 11.8 Å². The molecule has 3 heterocycles. The number of H-pyrrole nitrogens is 1. The molecule has 2 aromatic carbocycles. The van der Waals surface area contributed by atoms with Crippen LogP contribution >= 0.6 is 0 Å². The molecule has 0 fully saturated rings. The zero-order chi connectivity index (χ0) is 43.7. The molecular formula is C44H60N4O11. The Labute approximate surface area is 345 Å². The highest BCUT2D eigenvalue weighted by Gasteiger charge is 2.50. The summed E-state index contributed by atoms with van der Waals surface area (Å²) < 4.78 is 23.9. The van der Waals surface area contributed by atoms with Crippen LogP contribution in [0, 0.1) is 30.6 Å². The fraction of sp³-hybridized carbons (Fsp3) is 0.545. The second kappa shape index (κ2) is 18.0. The van der Waals surface area contributed by atoms with Crippen LogP contribution in [0.2, 0.25) is 0 Å². The van der Waals surface area contributed by atoms with Crippen molar-refractivity contribution in [2.75, 3.05) is 30.4 Å². The van der Waals surface area contributed by atoms with Crippen molar-refractivity contribution in [2.24, 2.45) is 23.7 Å². The van der Waals surface area contributed by atoms with Gasteiger partial charge in [-0.25, -0.2) is 4.98 Å². The number of fused-ring (bicyclic) bond motifs is 1. The van der Waals surface area contributed by atoms with Crippen molar-refractivity contribution in [1.82, 2.24) is 9.97 Å². The van der Waals surface area contributed by atoms with E-state index in [1.54, 1.807) is 65.8 Å². The smallest absolute Gasteiger partial charge is 0.312 e. The van der Waals surface area contributed by atoms with Gasteiger partial charge in [-0.05, 0) is 32.8 Å². The number of methoxy groups -OCH3 is 1. The Morgan fingerprint density at radius 3 is 2.24 bits per heavy atom. The van der Waals surface area contributed by atoms with Crippen molar-refractivity contribution in [3.8, 4) is 17.2 Å². The zero-order valence-electron chi connectivity index (χ0n) is 35.9. The SMILES string of the molecule is CCCN(CCC)c1nc2c([nH]1)c1c(O)c3c(O)c(C)c4c(c32)C(=O)[C@@](C)(O/C=C/[C@H](OC)[C@@H](C)[C@@H](OC(C)=O)[C@H](C)[C@H](O)[C@H](C)[C@@H](O)[C@@H](C)/C=C/C=C(/C)C(=O)N1)O4. The van der Waals surface area contributed by atoms with E-state index in [0.717, 1.165) is 12.8 Å². The molecule has 59 heavy (non-hydrogen) atoms. The summed E-state index contributed by atoms with van der Waals surface area (Å²) in [6.45, 7) is 18.2. The lowest BCUT2D eigenvalue weighted by atomic mass is 9.78. The molecule has 3 aromatic rings. The summed E-state index contributed by atoms with van der Waals surface area (Å²) in [7, 11) is 1.46. The molecule has 2 aliphatic heterocycles. The molecule has 1 amide bonds. The Balaban J connectivity index is 1.76. The van der Waals surface area contributed by atoms with Gasteiger partial charge in [0.05, 0.1) is 41.0 Å². The van der Waals surface area contributed by atoms with Crippen LogP contribution < -0.4 is 15.0 Å². The van der Waals surface area contributed by atoms with E-state index in [1.165, 1.54) is 27.2 Å². The van der Waals surface area contributed by atoms with E-state index in [9.17, 15) is 34.8 Å². The number of aromatic hydroxyl groups is 2. The Morgan fingerprint density at radius 1 is 0.966 bits per heavy atom. The molecule has 6 N–H and O–H groups in total. The number of hydrogen-bond acceptors (Lipinski definition) is 13. The molecule has 5 rings (SSSR count). The number of anilines is 2. The number of rotatable bonds is 7. The molecule has 0 unspecified atom stereocenters. The number of phenols is 2. The number of Topliss-reactive ketones (excluding diaryl/α,β-unsaturated/α-hetero) is 1. The molecule has 0 saturated carbocycles. The van der Waals surface area contributed by atoms with Crippen molar-refractivity contribution < 1.29 is 53.8 Å². The second-order valence-electron chi connectivity index (χ2n) is 16.1. The highest BCUT2D eigenvalue weighted by Crippen LogP contribution is 2.54. The molecule has 15 heteroatoms. The van der Waals surface area contributed by atoms with E-state index >= 15 is 0 Å². The molecular weight excluding hydrogens is 761 g/mol. The summed E-state index contributed by atoms with van der Waals surface area (Å²) in [5.41, 5.74) is 0.795. The molecule has 0 saturated heterocycles. The number of imidazole rings is 1. The van der Waals surface area contributed by atoms with Gasteiger partial charge in [0.2, 0.25) is 5.95 Å². The maximum atomic E-state index is 14.6. The number of hydrogen-bond donors (Lipinski definition) is 6. The van der Waals surface area contributed by atoms with Gasteiger partial charge in [0.1, 0.15) is 28.8 Å². The third kappa shape index (κ3) is 8.50. The summed E-state index contributed by atoms with van der Waals surface area (Å²) in [5.74, 6) is -6.50. The molecule has 0 aliphatic carbocycles. The Bertz CT molecular complexity index is 2170. The van der Waals surface area contributed by atoms with Crippen LogP contribution in [0.15, 0.2) is 36.1 Å². The maximum Gasteiger partial charge on any atom is 0.312 e. The van der Waals surface area contributed by atoms with Gasteiger partial charge in [0.15, 0.2) is 5.75 Å². The molecule has 0 spiro atoms. The molecule has 15 nitrogen and oxygen atoms in total. The maximum absolute atomic E-state index is 14.6. The Kier molecular flexibility index (Phi) is 13.7. The topological polar surface area (TPSA) is 213 Å². The first-order valence-electron chi connectivity index (χ1n) is 20.3. The molecule has 0 radical (unpaired) electrons. The lowest BCUT2D eigenvalue weighted by Crippen LogP contribution is -2.46. The number of nitrogens with one attached hydrogen (secondary N) is 2. The van der Waals surface area contributed by atoms with Gasteiger partial charge in [-0.1, -0.05) is 59.8 Å².